The molecule has 2 nitrogen and oxygen atoms in total. The van der Waals surface area contributed by atoms with Crippen LogP contribution in [0.2, 0.25) is 0 Å². The zero-order valence-corrected chi connectivity index (χ0v) is 7.88. The lowest BCUT2D eigenvalue weighted by atomic mass is 10.1. The number of ether oxygens (including phenoxy) is 1. The molecule has 1 N–H and O–H groups in total. The molecule has 6 heteroatoms. The van der Waals surface area contributed by atoms with Gasteiger partial charge in [0.25, 0.3) is 0 Å². The van der Waals surface area contributed by atoms with Gasteiger partial charge in [0, 0.05) is 0 Å². The Balaban J connectivity index is 0.00000144. The normalized spacial score (nSPS) is 19.6. The van der Waals surface area contributed by atoms with Crippen molar-refractivity contribution in [2.75, 3.05) is 19.8 Å². The maximum atomic E-state index is 12.3. The Morgan fingerprint density at radius 1 is 1.31 bits per heavy atom. The third-order valence-corrected chi connectivity index (χ3v) is 1.78. The lowest BCUT2D eigenvalue weighted by Gasteiger charge is -2.26. The Morgan fingerprint density at radius 3 is 2.31 bits per heavy atom. The first-order valence-corrected chi connectivity index (χ1v) is 3.96. The molecule has 0 atom stereocenters. The van der Waals surface area contributed by atoms with Crippen LogP contribution in [0.4, 0.5) is 13.2 Å². The minimum atomic E-state index is -3.60. The Labute approximate surface area is 81.2 Å². The van der Waals surface area contributed by atoms with E-state index in [1.165, 1.54) is 0 Å². The van der Waals surface area contributed by atoms with Crippen LogP contribution in [0.15, 0.2) is 0 Å². The second-order valence-corrected chi connectivity index (χ2v) is 2.84. The van der Waals surface area contributed by atoms with Crippen LogP contribution >= 0.6 is 12.4 Å². The molecule has 0 aromatic carbocycles. The van der Waals surface area contributed by atoms with Gasteiger partial charge in [-0.05, 0) is 25.9 Å². The van der Waals surface area contributed by atoms with Gasteiger partial charge >= 0.3 is 6.11 Å². The second kappa shape index (κ2) is 5.67. The zero-order valence-electron chi connectivity index (χ0n) is 7.06. The highest BCUT2D eigenvalue weighted by molar-refractivity contribution is 5.85. The van der Waals surface area contributed by atoms with Crippen molar-refractivity contribution in [3.8, 4) is 0 Å². The zero-order chi connectivity index (χ0) is 9.03. The summed E-state index contributed by atoms with van der Waals surface area (Å²) in [5.41, 5.74) is 0. The summed E-state index contributed by atoms with van der Waals surface area (Å²) in [7, 11) is 0. The molecule has 13 heavy (non-hydrogen) atoms. The van der Waals surface area contributed by atoms with Crippen molar-refractivity contribution in [2.45, 2.75) is 25.1 Å². The number of hydrogen-bond acceptors (Lipinski definition) is 2. The predicted molar refractivity (Wildman–Crippen MR) is 45.1 cm³/mol. The highest BCUT2D eigenvalue weighted by Gasteiger charge is 2.34. The lowest BCUT2D eigenvalue weighted by Crippen LogP contribution is -2.38. The van der Waals surface area contributed by atoms with Crippen molar-refractivity contribution in [1.29, 1.82) is 0 Å². The second-order valence-electron chi connectivity index (χ2n) is 2.84. The Kier molecular flexibility index (Phi) is 5.67. The van der Waals surface area contributed by atoms with Gasteiger partial charge in [0.2, 0.25) is 0 Å². The highest BCUT2D eigenvalue weighted by atomic mass is 35.5. The molecule has 0 bridgehead atoms. The molecule has 1 aliphatic rings. The van der Waals surface area contributed by atoms with Crippen LogP contribution in [-0.2, 0) is 4.74 Å². The van der Waals surface area contributed by atoms with Crippen LogP contribution in [0, 0.1) is 0 Å². The van der Waals surface area contributed by atoms with E-state index in [0.29, 0.717) is 25.9 Å². The molecule has 0 amide bonds. The topological polar surface area (TPSA) is 21.3 Å². The van der Waals surface area contributed by atoms with E-state index in [1.807, 2.05) is 0 Å². The van der Waals surface area contributed by atoms with Crippen molar-refractivity contribution < 1.29 is 17.9 Å². The number of piperidine rings is 1. The number of alkyl halides is 3. The van der Waals surface area contributed by atoms with Crippen molar-refractivity contribution in [2.24, 2.45) is 0 Å². The molecule has 0 aromatic rings. The van der Waals surface area contributed by atoms with E-state index in [1.54, 1.807) is 0 Å². The lowest BCUT2D eigenvalue weighted by molar-refractivity contribution is -0.272. The number of halogens is 4. The smallest absolute Gasteiger partial charge is 0.317 e. The van der Waals surface area contributed by atoms with Crippen LogP contribution < -0.4 is 5.32 Å². The molecule has 0 saturated carbocycles. The number of hydrogen-bond donors (Lipinski definition) is 1. The maximum Gasteiger partial charge on any atom is 0.384 e. The van der Waals surface area contributed by atoms with Gasteiger partial charge in [0.15, 0.2) is 6.67 Å². The van der Waals surface area contributed by atoms with Gasteiger partial charge in [-0.25, -0.2) is 4.39 Å². The molecule has 1 heterocycles. The van der Waals surface area contributed by atoms with E-state index in [0.717, 1.165) is 0 Å². The van der Waals surface area contributed by atoms with Gasteiger partial charge in [-0.15, -0.1) is 12.4 Å². The molecule has 1 fully saturated rings. The third-order valence-electron chi connectivity index (χ3n) is 1.78. The SMILES string of the molecule is Cl.FCC(F)(F)OC1CCNCC1. The van der Waals surface area contributed by atoms with E-state index in [2.05, 4.69) is 10.1 Å². The molecular formula is C7H13ClF3NO. The van der Waals surface area contributed by atoms with Gasteiger partial charge in [-0.2, -0.15) is 8.78 Å². The van der Waals surface area contributed by atoms with Crippen molar-refractivity contribution in [3.63, 3.8) is 0 Å². The van der Waals surface area contributed by atoms with Crippen LogP contribution in [0.25, 0.3) is 0 Å². The first-order valence-electron chi connectivity index (χ1n) is 3.96. The number of nitrogens with one attached hydrogen (secondary N) is 1. The van der Waals surface area contributed by atoms with Gasteiger partial charge in [0.05, 0.1) is 6.10 Å². The Morgan fingerprint density at radius 2 is 1.85 bits per heavy atom. The fourth-order valence-corrected chi connectivity index (χ4v) is 1.19. The summed E-state index contributed by atoms with van der Waals surface area (Å²) >= 11 is 0. The molecule has 0 aliphatic carbocycles. The molecular weight excluding hydrogens is 207 g/mol. The molecule has 1 aliphatic heterocycles. The van der Waals surface area contributed by atoms with E-state index in [4.69, 9.17) is 0 Å². The predicted octanol–water partition coefficient (Wildman–Crippen LogP) is 1.74. The first-order chi connectivity index (χ1) is 5.64. The molecule has 80 valence electrons. The summed E-state index contributed by atoms with van der Waals surface area (Å²) in [5, 5.41) is 3.00. The minimum absolute atomic E-state index is 0. The van der Waals surface area contributed by atoms with E-state index in [-0.39, 0.29) is 12.4 Å². The molecule has 0 aromatic heterocycles. The first kappa shape index (κ1) is 13.0. The van der Waals surface area contributed by atoms with Gasteiger partial charge in [0.1, 0.15) is 0 Å². The van der Waals surface area contributed by atoms with E-state index in [9.17, 15) is 13.2 Å². The Bertz CT molecular complexity index is 142. The van der Waals surface area contributed by atoms with E-state index < -0.39 is 18.9 Å². The van der Waals surface area contributed by atoms with Crippen LogP contribution in [0.3, 0.4) is 0 Å². The third kappa shape index (κ3) is 4.69. The van der Waals surface area contributed by atoms with E-state index >= 15 is 0 Å². The highest BCUT2D eigenvalue weighted by Crippen LogP contribution is 2.21. The van der Waals surface area contributed by atoms with Gasteiger partial charge in [-0.1, -0.05) is 0 Å². The Hall–Kier alpha value is -0.0000000000000000416. The van der Waals surface area contributed by atoms with Crippen LogP contribution in [-0.4, -0.2) is 32.0 Å². The summed E-state index contributed by atoms with van der Waals surface area (Å²) in [6.07, 6.45) is -3.05. The minimum Gasteiger partial charge on any atom is -0.317 e. The van der Waals surface area contributed by atoms with Crippen LogP contribution in [0.5, 0.6) is 0 Å². The largest absolute Gasteiger partial charge is 0.384 e. The maximum absolute atomic E-state index is 12.3. The molecule has 1 rings (SSSR count). The fraction of sp³-hybridized carbons (Fsp3) is 1.00. The molecule has 0 radical (unpaired) electrons. The van der Waals surface area contributed by atoms with Crippen LogP contribution in [0.1, 0.15) is 12.8 Å². The van der Waals surface area contributed by atoms with Gasteiger partial charge in [-0.3, -0.25) is 0 Å². The standard InChI is InChI=1S/C7H12F3NO.ClH/c8-5-7(9,10)12-6-1-3-11-4-2-6;/h6,11H,1-5H2;1H. The quantitative estimate of drug-likeness (QED) is 0.781. The van der Waals surface area contributed by atoms with Crippen molar-refractivity contribution in [3.05, 3.63) is 0 Å². The summed E-state index contributed by atoms with van der Waals surface area (Å²) in [6.45, 7) is -0.420. The number of rotatable bonds is 3. The summed E-state index contributed by atoms with van der Waals surface area (Å²) in [6, 6.07) is 0. The molecule has 0 spiro atoms. The monoisotopic (exact) mass is 219 g/mol. The summed E-state index contributed by atoms with van der Waals surface area (Å²) in [4.78, 5) is 0. The van der Waals surface area contributed by atoms with Crippen molar-refractivity contribution in [1.82, 2.24) is 5.32 Å². The molecule has 0 unspecified atom stereocenters. The fourth-order valence-electron chi connectivity index (χ4n) is 1.19. The molecule has 1 saturated heterocycles. The summed E-state index contributed by atoms with van der Waals surface area (Å²) in [5.74, 6) is 0. The summed E-state index contributed by atoms with van der Waals surface area (Å²) < 4.78 is 40.6. The van der Waals surface area contributed by atoms with Crippen molar-refractivity contribution >= 4 is 12.4 Å². The average Bonchev–Trinajstić information content (AvgIpc) is 2.06. The average molecular weight is 220 g/mol. The van der Waals surface area contributed by atoms with Gasteiger partial charge < -0.3 is 10.1 Å².